The van der Waals surface area contributed by atoms with Gasteiger partial charge in [0.1, 0.15) is 18.5 Å². The highest BCUT2D eigenvalue weighted by molar-refractivity contribution is 5.86. The third kappa shape index (κ3) is 8.80. The molecular formula is C25H32O5. The van der Waals surface area contributed by atoms with Gasteiger partial charge in [-0.15, -0.1) is 0 Å². The third-order valence-electron chi connectivity index (χ3n) is 4.57. The molecule has 0 amide bonds. The van der Waals surface area contributed by atoms with Gasteiger partial charge in [0.05, 0.1) is 13.2 Å². The first-order chi connectivity index (χ1) is 14.6. The van der Waals surface area contributed by atoms with Crippen LogP contribution in [0.15, 0.2) is 66.7 Å². The van der Waals surface area contributed by atoms with Crippen molar-refractivity contribution in [3.63, 3.8) is 0 Å². The van der Waals surface area contributed by atoms with Crippen molar-refractivity contribution in [3.05, 3.63) is 66.7 Å². The SMILES string of the molecule is C=C(C)C(=O)OCC(CO)OCCCCCCOc1ccc(-c2ccccc2)cc1. The second kappa shape index (κ2) is 13.6. The van der Waals surface area contributed by atoms with E-state index in [-0.39, 0.29) is 13.2 Å². The average Bonchev–Trinajstić information content (AvgIpc) is 2.78. The number of hydrogen-bond acceptors (Lipinski definition) is 5. The molecule has 0 heterocycles. The Hall–Kier alpha value is -2.63. The molecule has 0 aliphatic rings. The van der Waals surface area contributed by atoms with E-state index in [0.717, 1.165) is 31.4 Å². The molecule has 5 nitrogen and oxygen atoms in total. The highest BCUT2D eigenvalue weighted by Crippen LogP contribution is 2.22. The van der Waals surface area contributed by atoms with Crippen LogP contribution in [0.3, 0.4) is 0 Å². The molecule has 1 N–H and O–H groups in total. The Morgan fingerprint density at radius 1 is 0.933 bits per heavy atom. The van der Waals surface area contributed by atoms with E-state index in [2.05, 4.69) is 30.8 Å². The van der Waals surface area contributed by atoms with Crippen molar-refractivity contribution in [2.75, 3.05) is 26.4 Å². The van der Waals surface area contributed by atoms with Crippen LogP contribution in [0.2, 0.25) is 0 Å². The van der Waals surface area contributed by atoms with E-state index in [9.17, 15) is 9.90 Å². The first kappa shape index (κ1) is 23.6. The smallest absolute Gasteiger partial charge is 0.333 e. The maximum atomic E-state index is 11.4. The number of carbonyl (C=O) groups excluding carboxylic acids is 1. The van der Waals surface area contributed by atoms with Gasteiger partial charge < -0.3 is 19.3 Å². The molecule has 0 saturated carbocycles. The summed E-state index contributed by atoms with van der Waals surface area (Å²) in [6.07, 6.45) is 3.42. The number of benzene rings is 2. The molecule has 0 fully saturated rings. The van der Waals surface area contributed by atoms with Crippen molar-refractivity contribution in [2.24, 2.45) is 0 Å². The molecule has 0 bridgehead atoms. The zero-order chi connectivity index (χ0) is 21.6. The quantitative estimate of drug-likeness (QED) is 0.275. The molecule has 30 heavy (non-hydrogen) atoms. The molecule has 0 spiro atoms. The van der Waals surface area contributed by atoms with Gasteiger partial charge in [0.2, 0.25) is 0 Å². The lowest BCUT2D eigenvalue weighted by molar-refractivity contribution is -0.144. The van der Waals surface area contributed by atoms with Crippen LogP contribution in [0.25, 0.3) is 11.1 Å². The van der Waals surface area contributed by atoms with Crippen LogP contribution in [0, 0.1) is 0 Å². The summed E-state index contributed by atoms with van der Waals surface area (Å²) < 4.78 is 16.4. The number of ether oxygens (including phenoxy) is 3. The standard InChI is InChI=1S/C25H32O5/c1-20(2)25(27)30-19-24(18-26)29-17-9-4-3-8-16-28-23-14-12-22(13-15-23)21-10-6-5-7-11-21/h5-7,10-15,24,26H,1,3-4,8-9,16-19H2,2H3. The largest absolute Gasteiger partial charge is 0.494 e. The lowest BCUT2D eigenvalue weighted by Gasteiger charge is -2.15. The number of aliphatic hydroxyl groups excluding tert-OH is 1. The molecule has 2 rings (SSSR count). The van der Waals surface area contributed by atoms with Gasteiger partial charge in [0.15, 0.2) is 0 Å². The van der Waals surface area contributed by atoms with E-state index < -0.39 is 12.1 Å². The van der Waals surface area contributed by atoms with Crippen molar-refractivity contribution in [1.29, 1.82) is 0 Å². The Morgan fingerprint density at radius 2 is 1.57 bits per heavy atom. The predicted molar refractivity (Wildman–Crippen MR) is 118 cm³/mol. The van der Waals surface area contributed by atoms with E-state index in [4.69, 9.17) is 14.2 Å². The lowest BCUT2D eigenvalue weighted by atomic mass is 10.1. The molecule has 0 saturated heterocycles. The van der Waals surface area contributed by atoms with Crippen LogP contribution >= 0.6 is 0 Å². The minimum atomic E-state index is -0.490. The summed E-state index contributed by atoms with van der Waals surface area (Å²) >= 11 is 0. The van der Waals surface area contributed by atoms with Crippen LogP contribution in [-0.4, -0.2) is 43.6 Å². The zero-order valence-electron chi connectivity index (χ0n) is 17.7. The average molecular weight is 413 g/mol. The van der Waals surface area contributed by atoms with E-state index >= 15 is 0 Å². The molecule has 0 aliphatic heterocycles. The summed E-state index contributed by atoms with van der Waals surface area (Å²) in [4.78, 5) is 11.4. The zero-order valence-corrected chi connectivity index (χ0v) is 17.7. The van der Waals surface area contributed by atoms with E-state index in [1.807, 2.05) is 30.3 Å². The molecule has 2 aromatic carbocycles. The highest BCUT2D eigenvalue weighted by Gasteiger charge is 2.11. The van der Waals surface area contributed by atoms with Gasteiger partial charge >= 0.3 is 5.97 Å². The molecule has 0 radical (unpaired) electrons. The monoisotopic (exact) mass is 412 g/mol. The molecule has 2 aromatic rings. The highest BCUT2D eigenvalue weighted by atomic mass is 16.6. The molecule has 0 aliphatic carbocycles. The first-order valence-electron chi connectivity index (χ1n) is 10.4. The Morgan fingerprint density at radius 3 is 2.20 bits per heavy atom. The Balaban J connectivity index is 1.52. The number of rotatable bonds is 14. The first-order valence-corrected chi connectivity index (χ1v) is 10.4. The molecule has 162 valence electrons. The van der Waals surface area contributed by atoms with Crippen molar-refractivity contribution in [3.8, 4) is 16.9 Å². The topological polar surface area (TPSA) is 65.0 Å². The van der Waals surface area contributed by atoms with Gasteiger partial charge in [-0.25, -0.2) is 4.79 Å². The number of unbranched alkanes of at least 4 members (excludes halogenated alkanes) is 3. The van der Waals surface area contributed by atoms with Crippen LogP contribution in [0.1, 0.15) is 32.6 Å². The predicted octanol–water partition coefficient (Wildman–Crippen LogP) is 4.79. The van der Waals surface area contributed by atoms with E-state index in [1.54, 1.807) is 6.92 Å². The van der Waals surface area contributed by atoms with Crippen molar-refractivity contribution < 1.29 is 24.1 Å². The third-order valence-corrected chi connectivity index (χ3v) is 4.57. The Labute approximate surface area is 179 Å². The van der Waals surface area contributed by atoms with Crippen LogP contribution in [-0.2, 0) is 14.3 Å². The second-order valence-corrected chi connectivity index (χ2v) is 7.21. The van der Waals surface area contributed by atoms with Gasteiger partial charge in [-0.2, -0.15) is 0 Å². The molecule has 5 heteroatoms. The van der Waals surface area contributed by atoms with Gasteiger partial charge in [-0.05, 0) is 49.4 Å². The maximum Gasteiger partial charge on any atom is 0.333 e. The number of esters is 1. The van der Waals surface area contributed by atoms with Crippen molar-refractivity contribution in [1.82, 2.24) is 0 Å². The molecule has 1 unspecified atom stereocenters. The molecule has 0 aromatic heterocycles. The van der Waals surface area contributed by atoms with Gasteiger partial charge in [0.25, 0.3) is 0 Å². The number of hydrogen-bond donors (Lipinski definition) is 1. The summed E-state index contributed by atoms with van der Waals surface area (Å²) in [5.41, 5.74) is 2.71. The van der Waals surface area contributed by atoms with Gasteiger partial charge in [-0.3, -0.25) is 0 Å². The summed E-state index contributed by atoms with van der Waals surface area (Å²) in [5.74, 6) is 0.417. The van der Waals surface area contributed by atoms with Crippen LogP contribution < -0.4 is 4.74 Å². The molecular weight excluding hydrogens is 380 g/mol. The second-order valence-electron chi connectivity index (χ2n) is 7.21. The fourth-order valence-electron chi connectivity index (χ4n) is 2.82. The van der Waals surface area contributed by atoms with Crippen molar-refractivity contribution >= 4 is 5.97 Å². The summed E-state index contributed by atoms with van der Waals surface area (Å²) in [5, 5.41) is 9.29. The minimum absolute atomic E-state index is 0.0408. The van der Waals surface area contributed by atoms with E-state index in [1.165, 1.54) is 11.1 Å². The Kier molecular flexibility index (Phi) is 10.7. The van der Waals surface area contributed by atoms with Crippen LogP contribution in [0.5, 0.6) is 5.75 Å². The fourth-order valence-corrected chi connectivity index (χ4v) is 2.82. The number of carbonyl (C=O) groups is 1. The minimum Gasteiger partial charge on any atom is -0.494 e. The summed E-state index contributed by atoms with van der Waals surface area (Å²) in [7, 11) is 0. The number of aliphatic hydroxyl groups is 1. The van der Waals surface area contributed by atoms with Gasteiger partial charge in [-0.1, -0.05) is 55.5 Å². The molecule has 1 atom stereocenters. The van der Waals surface area contributed by atoms with E-state index in [0.29, 0.717) is 18.8 Å². The normalized spacial score (nSPS) is 11.7. The van der Waals surface area contributed by atoms with Gasteiger partial charge in [0, 0.05) is 12.2 Å². The Bertz CT molecular complexity index is 755. The maximum absolute atomic E-state index is 11.4. The fraction of sp³-hybridized carbons (Fsp3) is 0.400. The summed E-state index contributed by atoms with van der Waals surface area (Å²) in [6.45, 7) is 6.17. The van der Waals surface area contributed by atoms with Crippen molar-refractivity contribution in [2.45, 2.75) is 38.7 Å². The lowest BCUT2D eigenvalue weighted by Crippen LogP contribution is -2.26. The summed E-state index contributed by atoms with van der Waals surface area (Å²) in [6, 6.07) is 18.4. The van der Waals surface area contributed by atoms with Crippen LogP contribution in [0.4, 0.5) is 0 Å².